The van der Waals surface area contributed by atoms with Gasteiger partial charge in [0.05, 0.1) is 4.92 Å². The molecule has 0 aromatic heterocycles. The quantitative estimate of drug-likeness (QED) is 0.148. The molecule has 3 atom stereocenters. The maximum atomic E-state index is 12.5. The maximum Gasteiger partial charge on any atom is 0.355 e. The van der Waals surface area contributed by atoms with Crippen LogP contribution >= 0.6 is 27.7 Å². The van der Waals surface area contributed by atoms with Gasteiger partial charge < -0.3 is 10.1 Å². The number of esters is 1. The van der Waals surface area contributed by atoms with Crippen LogP contribution in [-0.4, -0.2) is 55.4 Å². The van der Waals surface area contributed by atoms with Crippen molar-refractivity contribution in [2.75, 3.05) is 5.75 Å². The number of non-ortho nitro benzene ring substituents is 1. The number of benzene rings is 1. The number of hydrogen-bond donors (Lipinski definition) is 1. The van der Waals surface area contributed by atoms with E-state index in [1.165, 1.54) is 47.9 Å². The number of alkyl halides is 1. The highest BCUT2D eigenvalue weighted by Gasteiger charge is 2.53. The lowest BCUT2D eigenvalue weighted by molar-refractivity contribution is -0.384. The Labute approximate surface area is 183 Å². The summed E-state index contributed by atoms with van der Waals surface area (Å²) in [6.45, 7) is 1.14. The zero-order chi connectivity index (χ0) is 22.0. The van der Waals surface area contributed by atoms with E-state index >= 15 is 0 Å². The number of ether oxygens (including phenoxy) is 1. The van der Waals surface area contributed by atoms with Gasteiger partial charge in [0.25, 0.3) is 11.6 Å². The van der Waals surface area contributed by atoms with Gasteiger partial charge >= 0.3 is 5.97 Å². The molecule has 1 fully saturated rings. The van der Waals surface area contributed by atoms with Crippen molar-refractivity contribution in [2.45, 2.75) is 29.8 Å². The Morgan fingerprint density at radius 3 is 2.63 bits per heavy atom. The van der Waals surface area contributed by atoms with Crippen molar-refractivity contribution in [3.8, 4) is 0 Å². The van der Waals surface area contributed by atoms with Gasteiger partial charge in [-0.3, -0.25) is 29.4 Å². The molecule has 2 amide bonds. The molecule has 0 bridgehead atoms. The fraction of sp³-hybridized carbons (Fsp3) is 0.333. The summed E-state index contributed by atoms with van der Waals surface area (Å²) in [5.41, 5.74) is 0.566. The van der Waals surface area contributed by atoms with Gasteiger partial charge in [0.15, 0.2) is 10.6 Å². The van der Waals surface area contributed by atoms with Crippen molar-refractivity contribution in [1.29, 1.82) is 0 Å². The SMILES string of the molecule is CC(=O)C(Br)C(=O)NC1C(=O)N2C(C(=O)OCc3ccc([N+](=O)[O-])cc3)=CCS[C@H]12. The van der Waals surface area contributed by atoms with Gasteiger partial charge in [-0.05, 0) is 30.7 Å². The Balaban J connectivity index is 1.60. The number of carbonyl (C=O) groups is 4. The minimum Gasteiger partial charge on any atom is -0.456 e. The number of nitro groups is 1. The van der Waals surface area contributed by atoms with Crippen LogP contribution in [0, 0.1) is 10.1 Å². The van der Waals surface area contributed by atoms with Gasteiger partial charge in [-0.1, -0.05) is 15.9 Å². The maximum absolute atomic E-state index is 12.5. The minimum absolute atomic E-state index is 0.0744. The molecule has 3 rings (SSSR count). The first-order chi connectivity index (χ1) is 14.2. The zero-order valence-electron chi connectivity index (χ0n) is 15.6. The topological polar surface area (TPSA) is 136 Å². The van der Waals surface area contributed by atoms with Crippen LogP contribution < -0.4 is 5.32 Å². The molecular formula is C18H16BrN3O7S. The average Bonchev–Trinajstić information content (AvgIpc) is 2.74. The summed E-state index contributed by atoms with van der Waals surface area (Å²) in [7, 11) is 0. The largest absolute Gasteiger partial charge is 0.456 e. The molecule has 1 saturated heterocycles. The van der Waals surface area contributed by atoms with Gasteiger partial charge in [-0.2, -0.15) is 0 Å². The average molecular weight is 498 g/mol. The van der Waals surface area contributed by atoms with E-state index in [0.29, 0.717) is 11.3 Å². The third-order valence-corrected chi connectivity index (χ3v) is 6.70. The molecule has 1 N–H and O–H groups in total. The number of carbonyl (C=O) groups excluding carboxylic acids is 4. The summed E-state index contributed by atoms with van der Waals surface area (Å²) in [5, 5.41) is 12.7. The van der Waals surface area contributed by atoms with Crippen LogP contribution in [-0.2, 0) is 30.5 Å². The lowest BCUT2D eigenvalue weighted by Crippen LogP contribution is -2.70. The van der Waals surface area contributed by atoms with Crippen LogP contribution in [0.15, 0.2) is 36.0 Å². The fourth-order valence-corrected chi connectivity index (χ4v) is 4.20. The number of β-lactam (4-membered cyclic amide) rings is 1. The van der Waals surface area contributed by atoms with E-state index in [1.54, 1.807) is 6.08 Å². The first-order valence-electron chi connectivity index (χ1n) is 8.71. The van der Waals surface area contributed by atoms with Crippen LogP contribution in [0.5, 0.6) is 0 Å². The van der Waals surface area contributed by atoms with Crippen LogP contribution in [0.2, 0.25) is 0 Å². The number of thioether (sulfide) groups is 1. The molecule has 1 aromatic rings. The number of amides is 2. The highest BCUT2D eigenvalue weighted by Crippen LogP contribution is 2.38. The molecule has 0 spiro atoms. The second-order valence-corrected chi connectivity index (χ2v) is 8.55. The summed E-state index contributed by atoms with van der Waals surface area (Å²) in [4.78, 5) is 58.7. The summed E-state index contributed by atoms with van der Waals surface area (Å²) < 4.78 is 5.24. The molecular weight excluding hydrogens is 482 g/mol. The van der Waals surface area contributed by atoms with Crippen molar-refractivity contribution >= 4 is 56.9 Å². The Morgan fingerprint density at radius 1 is 1.37 bits per heavy atom. The van der Waals surface area contributed by atoms with E-state index in [-0.39, 0.29) is 23.8 Å². The Kier molecular flexibility index (Phi) is 6.56. The van der Waals surface area contributed by atoms with Gasteiger partial charge in [-0.15, -0.1) is 11.8 Å². The van der Waals surface area contributed by atoms with Crippen molar-refractivity contribution < 1.29 is 28.8 Å². The van der Waals surface area contributed by atoms with Crippen molar-refractivity contribution in [3.05, 3.63) is 51.7 Å². The predicted octanol–water partition coefficient (Wildman–Crippen LogP) is 1.27. The molecule has 10 nitrogen and oxygen atoms in total. The number of Topliss-reactive ketones (excluding diaryl/α,β-unsaturated/α-hetero) is 1. The van der Waals surface area contributed by atoms with Crippen LogP contribution in [0.4, 0.5) is 5.69 Å². The number of halogens is 1. The van der Waals surface area contributed by atoms with Crippen molar-refractivity contribution in [1.82, 2.24) is 10.2 Å². The van der Waals surface area contributed by atoms with E-state index in [0.717, 1.165) is 0 Å². The molecule has 2 heterocycles. The molecule has 2 unspecified atom stereocenters. The Morgan fingerprint density at radius 2 is 2.03 bits per heavy atom. The van der Waals surface area contributed by atoms with E-state index in [1.807, 2.05) is 0 Å². The third-order valence-electron chi connectivity index (χ3n) is 4.46. The van der Waals surface area contributed by atoms with Gasteiger partial charge in [0, 0.05) is 17.9 Å². The lowest BCUT2D eigenvalue weighted by atomic mass is 10.0. The highest BCUT2D eigenvalue weighted by molar-refractivity contribution is 9.10. The third kappa shape index (κ3) is 4.38. The predicted molar refractivity (Wildman–Crippen MR) is 109 cm³/mol. The number of ketones is 1. The summed E-state index contributed by atoms with van der Waals surface area (Å²) in [5.74, 6) is -1.74. The number of fused-ring (bicyclic) bond motifs is 1. The molecule has 0 aliphatic carbocycles. The molecule has 1 aromatic carbocycles. The van der Waals surface area contributed by atoms with E-state index in [2.05, 4.69) is 21.2 Å². The number of nitrogens with one attached hydrogen (secondary N) is 1. The normalized spacial score (nSPS) is 20.9. The molecule has 12 heteroatoms. The monoisotopic (exact) mass is 497 g/mol. The zero-order valence-corrected chi connectivity index (χ0v) is 18.0. The smallest absolute Gasteiger partial charge is 0.355 e. The number of rotatable bonds is 7. The minimum atomic E-state index is -1.05. The molecule has 30 heavy (non-hydrogen) atoms. The van der Waals surface area contributed by atoms with Crippen LogP contribution in [0.1, 0.15) is 12.5 Å². The molecule has 158 valence electrons. The van der Waals surface area contributed by atoms with Gasteiger partial charge in [-0.25, -0.2) is 4.79 Å². The lowest BCUT2D eigenvalue weighted by Gasteiger charge is -2.48. The first-order valence-corrected chi connectivity index (χ1v) is 10.7. The standard InChI is InChI=1S/C18H16BrN3O7S/c1-9(23)13(19)15(24)20-14-16(25)21-12(6-7-30-17(14)21)18(26)29-8-10-2-4-11(5-3-10)22(27)28/h2-6,13-14,17H,7-8H2,1H3,(H,20,24)/t13?,14?,17-/m1/s1. The van der Waals surface area contributed by atoms with Gasteiger partial charge in [0.2, 0.25) is 5.91 Å². The molecule has 2 aliphatic heterocycles. The summed E-state index contributed by atoms with van der Waals surface area (Å²) in [6, 6.07) is 4.73. The number of nitro benzene ring substituents is 1. The van der Waals surface area contributed by atoms with Crippen molar-refractivity contribution in [2.24, 2.45) is 0 Å². The fourth-order valence-electron chi connectivity index (χ4n) is 2.88. The summed E-state index contributed by atoms with van der Waals surface area (Å²) >= 11 is 4.34. The molecule has 0 saturated carbocycles. The first kappa shape index (κ1) is 22.0. The van der Waals surface area contributed by atoms with Crippen molar-refractivity contribution in [3.63, 3.8) is 0 Å². The highest BCUT2D eigenvalue weighted by atomic mass is 79.9. The van der Waals surface area contributed by atoms with Gasteiger partial charge in [0.1, 0.15) is 23.7 Å². The second-order valence-electron chi connectivity index (χ2n) is 6.48. The second kappa shape index (κ2) is 8.96. The Bertz CT molecular complexity index is 950. The number of hydrogen-bond acceptors (Lipinski definition) is 8. The van der Waals surface area contributed by atoms with E-state index in [4.69, 9.17) is 4.74 Å². The van der Waals surface area contributed by atoms with Crippen LogP contribution in [0.25, 0.3) is 0 Å². The number of nitrogens with zero attached hydrogens (tertiary/aromatic N) is 2. The molecule has 0 radical (unpaired) electrons. The summed E-state index contributed by atoms with van der Waals surface area (Å²) in [6.07, 6.45) is 1.57. The van der Waals surface area contributed by atoms with Crippen LogP contribution in [0.3, 0.4) is 0 Å². The molecule has 2 aliphatic rings. The Hall–Kier alpha value is -2.73. The van der Waals surface area contributed by atoms with E-state index in [9.17, 15) is 29.3 Å². The van der Waals surface area contributed by atoms with E-state index < -0.39 is 38.9 Å².